The largest absolute Gasteiger partial charge is 0.376 e. The zero-order chi connectivity index (χ0) is 19.0. The fourth-order valence-corrected chi connectivity index (χ4v) is 3.66. The van der Waals surface area contributed by atoms with Crippen LogP contribution in [-0.2, 0) is 4.74 Å². The third-order valence-electron chi connectivity index (χ3n) is 5.31. The van der Waals surface area contributed by atoms with E-state index in [0.29, 0.717) is 6.10 Å². The molecule has 4 rings (SSSR count). The van der Waals surface area contributed by atoms with E-state index in [0.717, 1.165) is 70.5 Å². The van der Waals surface area contributed by atoms with Gasteiger partial charge in [-0.05, 0) is 24.5 Å². The summed E-state index contributed by atoms with van der Waals surface area (Å²) in [6.07, 6.45) is 8.88. The van der Waals surface area contributed by atoms with Crippen LogP contribution in [0.5, 0.6) is 0 Å². The van der Waals surface area contributed by atoms with Gasteiger partial charge in [-0.1, -0.05) is 42.5 Å². The van der Waals surface area contributed by atoms with Crippen molar-refractivity contribution in [2.45, 2.75) is 18.9 Å². The Kier molecular flexibility index (Phi) is 6.52. The molecule has 0 spiro atoms. The number of ether oxygens (including phenoxy) is 1. The van der Waals surface area contributed by atoms with Crippen molar-refractivity contribution < 1.29 is 4.74 Å². The third kappa shape index (κ3) is 5.30. The van der Waals surface area contributed by atoms with Gasteiger partial charge < -0.3 is 15.0 Å². The van der Waals surface area contributed by atoms with Gasteiger partial charge in [0.25, 0.3) is 0 Å². The van der Waals surface area contributed by atoms with E-state index in [1.165, 1.54) is 5.56 Å². The maximum Gasteiger partial charge on any atom is 0.227 e. The molecule has 1 aromatic heterocycles. The number of piperazine rings is 1. The molecule has 6 heteroatoms. The molecule has 0 amide bonds. The topological polar surface area (TPSA) is 53.5 Å². The number of nitrogens with zero attached hydrogens (tertiary/aromatic N) is 4. The summed E-state index contributed by atoms with van der Waals surface area (Å²) < 4.78 is 5.67. The molecule has 2 aromatic rings. The number of benzene rings is 1. The van der Waals surface area contributed by atoms with Gasteiger partial charge in [-0.2, -0.15) is 4.98 Å². The van der Waals surface area contributed by atoms with Crippen LogP contribution in [0.1, 0.15) is 18.4 Å². The van der Waals surface area contributed by atoms with Crippen molar-refractivity contribution >= 4 is 17.8 Å². The molecule has 0 aliphatic carbocycles. The Morgan fingerprint density at radius 2 is 1.96 bits per heavy atom. The molecule has 0 saturated carbocycles. The molecule has 148 valence electrons. The maximum atomic E-state index is 5.67. The highest BCUT2D eigenvalue weighted by molar-refractivity contribution is 5.48. The lowest BCUT2D eigenvalue weighted by molar-refractivity contribution is 0.120. The molecule has 0 bridgehead atoms. The smallest absolute Gasteiger partial charge is 0.227 e. The van der Waals surface area contributed by atoms with E-state index in [4.69, 9.17) is 9.72 Å². The van der Waals surface area contributed by atoms with Crippen molar-refractivity contribution in [2.24, 2.45) is 0 Å². The van der Waals surface area contributed by atoms with Crippen LogP contribution in [0.25, 0.3) is 6.08 Å². The van der Waals surface area contributed by atoms with E-state index in [2.05, 4.69) is 56.5 Å². The molecule has 0 radical (unpaired) electrons. The number of anilines is 2. The van der Waals surface area contributed by atoms with Crippen LogP contribution in [0.2, 0.25) is 0 Å². The average molecular weight is 380 g/mol. The van der Waals surface area contributed by atoms with Crippen molar-refractivity contribution in [1.82, 2.24) is 14.9 Å². The zero-order valence-corrected chi connectivity index (χ0v) is 16.3. The molecule has 28 heavy (non-hydrogen) atoms. The van der Waals surface area contributed by atoms with Crippen molar-refractivity contribution in [3.05, 3.63) is 54.2 Å². The van der Waals surface area contributed by atoms with Crippen molar-refractivity contribution in [2.75, 3.05) is 56.1 Å². The van der Waals surface area contributed by atoms with Gasteiger partial charge in [0, 0.05) is 52.1 Å². The Morgan fingerprint density at radius 1 is 1.11 bits per heavy atom. The maximum absolute atomic E-state index is 5.67. The lowest BCUT2D eigenvalue weighted by atomic mass is 10.2. The minimum atomic E-state index is 0.311. The van der Waals surface area contributed by atoms with Gasteiger partial charge in [0.05, 0.1) is 6.10 Å². The molecule has 2 aliphatic rings. The Morgan fingerprint density at radius 3 is 2.75 bits per heavy atom. The highest BCUT2D eigenvalue weighted by Crippen LogP contribution is 2.16. The first-order valence-corrected chi connectivity index (χ1v) is 10.2. The summed E-state index contributed by atoms with van der Waals surface area (Å²) in [5.41, 5.74) is 1.25. The second-order valence-electron chi connectivity index (χ2n) is 7.36. The molecule has 6 nitrogen and oxygen atoms in total. The van der Waals surface area contributed by atoms with Crippen LogP contribution in [0, 0.1) is 0 Å². The van der Waals surface area contributed by atoms with E-state index in [-0.39, 0.29) is 0 Å². The Labute approximate surface area is 167 Å². The molecule has 1 aromatic carbocycles. The quantitative estimate of drug-likeness (QED) is 0.798. The molecular formula is C22H29N5O. The second kappa shape index (κ2) is 9.66. The van der Waals surface area contributed by atoms with Crippen LogP contribution in [-0.4, -0.2) is 66.8 Å². The molecule has 3 heterocycles. The highest BCUT2D eigenvalue weighted by Gasteiger charge is 2.19. The van der Waals surface area contributed by atoms with Crippen LogP contribution in [0.15, 0.2) is 48.7 Å². The van der Waals surface area contributed by atoms with Gasteiger partial charge in [-0.25, -0.2) is 4.98 Å². The van der Waals surface area contributed by atoms with Crippen LogP contribution < -0.4 is 10.2 Å². The molecule has 2 fully saturated rings. The van der Waals surface area contributed by atoms with Gasteiger partial charge >= 0.3 is 0 Å². The summed E-state index contributed by atoms with van der Waals surface area (Å²) in [5, 5.41) is 3.40. The second-order valence-corrected chi connectivity index (χ2v) is 7.36. The first-order valence-electron chi connectivity index (χ1n) is 10.2. The Hall–Kier alpha value is -2.44. The molecule has 1 atom stereocenters. The van der Waals surface area contributed by atoms with E-state index in [9.17, 15) is 0 Å². The van der Waals surface area contributed by atoms with Gasteiger partial charge in [-0.15, -0.1) is 0 Å². The number of hydrogen-bond acceptors (Lipinski definition) is 6. The SMILES string of the molecule is C(=C\c1ccccc1)/CN1CCN(c2nccc(NCC3CCCO3)n2)CC1. The monoisotopic (exact) mass is 379 g/mol. The summed E-state index contributed by atoms with van der Waals surface area (Å²) in [6, 6.07) is 12.4. The fourth-order valence-electron chi connectivity index (χ4n) is 3.66. The lowest BCUT2D eigenvalue weighted by Gasteiger charge is -2.34. The van der Waals surface area contributed by atoms with Gasteiger partial charge in [0.15, 0.2) is 0 Å². The summed E-state index contributed by atoms with van der Waals surface area (Å²) in [6.45, 7) is 6.63. The number of nitrogens with one attached hydrogen (secondary N) is 1. The summed E-state index contributed by atoms with van der Waals surface area (Å²) >= 11 is 0. The first-order chi connectivity index (χ1) is 13.9. The van der Waals surface area contributed by atoms with Crippen molar-refractivity contribution in [1.29, 1.82) is 0 Å². The standard InChI is InChI=1S/C22H29N5O/c1-2-6-19(7-3-1)8-4-12-26-13-15-27(16-14-26)22-23-11-10-21(25-22)24-18-20-9-5-17-28-20/h1-4,6-8,10-11,20H,5,9,12-18H2,(H,23,24,25)/b8-4+. The first kappa shape index (κ1) is 18.9. The van der Waals surface area contributed by atoms with Crippen molar-refractivity contribution in [3.8, 4) is 0 Å². The minimum Gasteiger partial charge on any atom is -0.376 e. The number of rotatable bonds is 7. The van der Waals surface area contributed by atoms with E-state index >= 15 is 0 Å². The van der Waals surface area contributed by atoms with Gasteiger partial charge in [0.2, 0.25) is 5.95 Å². The summed E-state index contributed by atoms with van der Waals surface area (Å²) in [5.74, 6) is 1.70. The minimum absolute atomic E-state index is 0.311. The predicted molar refractivity (Wildman–Crippen MR) is 114 cm³/mol. The summed E-state index contributed by atoms with van der Waals surface area (Å²) in [7, 11) is 0. The average Bonchev–Trinajstić information content (AvgIpc) is 3.28. The molecule has 1 N–H and O–H groups in total. The molecular weight excluding hydrogens is 350 g/mol. The van der Waals surface area contributed by atoms with E-state index in [1.54, 1.807) is 0 Å². The molecule has 2 aliphatic heterocycles. The number of aromatic nitrogens is 2. The molecule has 2 saturated heterocycles. The summed E-state index contributed by atoms with van der Waals surface area (Å²) in [4.78, 5) is 13.9. The molecule has 1 unspecified atom stereocenters. The van der Waals surface area contributed by atoms with Crippen LogP contribution in [0.4, 0.5) is 11.8 Å². The Balaban J connectivity index is 1.24. The predicted octanol–water partition coefficient (Wildman–Crippen LogP) is 2.90. The van der Waals surface area contributed by atoms with Crippen LogP contribution >= 0.6 is 0 Å². The van der Waals surface area contributed by atoms with E-state index in [1.807, 2.05) is 18.3 Å². The van der Waals surface area contributed by atoms with Crippen LogP contribution in [0.3, 0.4) is 0 Å². The number of hydrogen-bond donors (Lipinski definition) is 1. The normalized spacial score (nSPS) is 20.7. The van der Waals surface area contributed by atoms with Crippen molar-refractivity contribution in [3.63, 3.8) is 0 Å². The highest BCUT2D eigenvalue weighted by atomic mass is 16.5. The van der Waals surface area contributed by atoms with Gasteiger partial charge in [-0.3, -0.25) is 4.90 Å². The van der Waals surface area contributed by atoms with E-state index < -0.39 is 0 Å². The fraction of sp³-hybridized carbons (Fsp3) is 0.455. The lowest BCUT2D eigenvalue weighted by Crippen LogP contribution is -2.47. The third-order valence-corrected chi connectivity index (χ3v) is 5.31. The zero-order valence-electron chi connectivity index (χ0n) is 16.3. The van der Waals surface area contributed by atoms with Gasteiger partial charge in [0.1, 0.15) is 5.82 Å². The Bertz CT molecular complexity index is 753.